The van der Waals surface area contributed by atoms with Gasteiger partial charge in [0.2, 0.25) is 0 Å². The molecular formula is C21H20N2O4. The molecule has 1 heterocycles. The van der Waals surface area contributed by atoms with Gasteiger partial charge in [-0.25, -0.2) is 0 Å². The van der Waals surface area contributed by atoms with Gasteiger partial charge in [-0.15, -0.1) is 0 Å². The van der Waals surface area contributed by atoms with Crippen molar-refractivity contribution in [1.82, 2.24) is 10.2 Å². The van der Waals surface area contributed by atoms with Crippen LogP contribution in [0.15, 0.2) is 54.6 Å². The van der Waals surface area contributed by atoms with Crippen molar-refractivity contribution in [2.45, 2.75) is 18.6 Å². The number of nitrogens with one attached hydrogen (secondary N) is 1. The Morgan fingerprint density at radius 2 is 1.70 bits per heavy atom. The zero-order chi connectivity index (χ0) is 19.0. The minimum absolute atomic E-state index is 0.394. The molecular weight excluding hydrogens is 344 g/mol. The summed E-state index contributed by atoms with van der Waals surface area (Å²) < 4.78 is 0. The summed E-state index contributed by atoms with van der Waals surface area (Å²) in [6.07, 6.45) is 0. The highest BCUT2D eigenvalue weighted by molar-refractivity contribution is 6.07. The number of aliphatic carboxylic acids is 2. The van der Waals surface area contributed by atoms with E-state index in [1.807, 2.05) is 18.2 Å². The van der Waals surface area contributed by atoms with Crippen molar-refractivity contribution in [3.63, 3.8) is 0 Å². The normalized spacial score (nSPS) is 20.7. The standard InChI is InChI=1S/C21H20N2O4/c24-20(25)18-19(21(26)27)23(10-9-22-18)12-13-5-8-17-15(11-13)7-6-14-3-1-2-4-16(14)17/h1-8,11,18-19,22H,9-10,12H2,(H,24,25)(H,26,27)/t18-,19+/m0/s1. The van der Waals surface area contributed by atoms with Crippen LogP contribution in [0.3, 0.4) is 0 Å². The van der Waals surface area contributed by atoms with Crippen LogP contribution in [0.4, 0.5) is 0 Å². The molecule has 0 unspecified atom stereocenters. The number of hydrogen-bond donors (Lipinski definition) is 3. The van der Waals surface area contributed by atoms with Crippen LogP contribution in [0.1, 0.15) is 5.56 Å². The Balaban J connectivity index is 1.67. The predicted octanol–water partition coefficient (Wildman–Crippen LogP) is 2.30. The molecule has 3 aromatic carbocycles. The topological polar surface area (TPSA) is 89.9 Å². The van der Waals surface area contributed by atoms with E-state index in [9.17, 15) is 19.8 Å². The first kappa shape index (κ1) is 17.5. The fourth-order valence-electron chi connectivity index (χ4n) is 3.92. The molecule has 1 aliphatic heterocycles. The number of piperazine rings is 1. The van der Waals surface area contributed by atoms with E-state index in [4.69, 9.17) is 0 Å². The van der Waals surface area contributed by atoms with Crippen molar-refractivity contribution in [2.75, 3.05) is 13.1 Å². The van der Waals surface area contributed by atoms with Gasteiger partial charge in [-0.1, -0.05) is 48.5 Å². The van der Waals surface area contributed by atoms with Crippen molar-refractivity contribution >= 4 is 33.5 Å². The van der Waals surface area contributed by atoms with E-state index < -0.39 is 24.0 Å². The maximum atomic E-state index is 11.7. The second-order valence-corrected chi connectivity index (χ2v) is 6.87. The Kier molecular flexibility index (Phi) is 4.51. The van der Waals surface area contributed by atoms with Gasteiger partial charge in [-0.2, -0.15) is 0 Å². The predicted molar refractivity (Wildman–Crippen MR) is 103 cm³/mol. The number of fused-ring (bicyclic) bond motifs is 3. The largest absolute Gasteiger partial charge is 0.480 e. The summed E-state index contributed by atoms with van der Waals surface area (Å²) in [6.45, 7) is 1.32. The summed E-state index contributed by atoms with van der Waals surface area (Å²) >= 11 is 0. The molecule has 6 heteroatoms. The van der Waals surface area contributed by atoms with Crippen LogP contribution in [0.25, 0.3) is 21.5 Å². The molecule has 2 atom stereocenters. The van der Waals surface area contributed by atoms with Crippen LogP contribution < -0.4 is 5.32 Å². The average molecular weight is 364 g/mol. The SMILES string of the molecule is O=C(O)[C@H]1NCCN(Cc2ccc3c(ccc4ccccc43)c2)[C@H]1C(=O)O. The van der Waals surface area contributed by atoms with Gasteiger partial charge in [0.1, 0.15) is 12.1 Å². The van der Waals surface area contributed by atoms with Gasteiger partial charge in [0.05, 0.1) is 0 Å². The van der Waals surface area contributed by atoms with Crippen LogP contribution in [-0.2, 0) is 16.1 Å². The quantitative estimate of drug-likeness (QED) is 0.616. The molecule has 3 aromatic rings. The van der Waals surface area contributed by atoms with Gasteiger partial charge in [-0.3, -0.25) is 14.5 Å². The molecule has 138 valence electrons. The monoisotopic (exact) mass is 364 g/mol. The molecule has 0 saturated carbocycles. The number of carboxylic acids is 2. The molecule has 1 saturated heterocycles. The zero-order valence-corrected chi connectivity index (χ0v) is 14.6. The highest BCUT2D eigenvalue weighted by Crippen LogP contribution is 2.27. The molecule has 0 amide bonds. The lowest BCUT2D eigenvalue weighted by molar-refractivity contribution is -0.154. The minimum atomic E-state index is -1.14. The van der Waals surface area contributed by atoms with Gasteiger partial charge in [-0.05, 0) is 33.2 Å². The third-order valence-electron chi connectivity index (χ3n) is 5.19. The van der Waals surface area contributed by atoms with Crippen LogP contribution in [-0.4, -0.2) is 52.2 Å². The molecule has 0 aliphatic carbocycles. The minimum Gasteiger partial charge on any atom is -0.480 e. The van der Waals surface area contributed by atoms with Crippen molar-refractivity contribution in [3.05, 3.63) is 60.2 Å². The number of hydrogen-bond acceptors (Lipinski definition) is 4. The first-order valence-corrected chi connectivity index (χ1v) is 8.88. The fourth-order valence-corrected chi connectivity index (χ4v) is 3.92. The van der Waals surface area contributed by atoms with E-state index in [1.54, 1.807) is 4.90 Å². The van der Waals surface area contributed by atoms with Crippen molar-refractivity contribution in [1.29, 1.82) is 0 Å². The Labute approximate surface area is 156 Å². The van der Waals surface area contributed by atoms with E-state index in [1.165, 1.54) is 10.8 Å². The summed E-state index contributed by atoms with van der Waals surface area (Å²) in [5, 5.41) is 26.3. The van der Waals surface area contributed by atoms with Crippen LogP contribution in [0.2, 0.25) is 0 Å². The average Bonchev–Trinajstić information content (AvgIpc) is 2.67. The van der Waals surface area contributed by atoms with E-state index in [-0.39, 0.29) is 0 Å². The first-order valence-electron chi connectivity index (χ1n) is 8.88. The van der Waals surface area contributed by atoms with Crippen LogP contribution in [0.5, 0.6) is 0 Å². The van der Waals surface area contributed by atoms with E-state index in [2.05, 4.69) is 41.7 Å². The molecule has 3 N–H and O–H groups in total. The van der Waals surface area contributed by atoms with Gasteiger partial charge < -0.3 is 15.5 Å². The molecule has 0 spiro atoms. The number of nitrogens with zero attached hydrogens (tertiary/aromatic N) is 1. The summed E-state index contributed by atoms with van der Waals surface area (Å²) in [5.41, 5.74) is 0.968. The second kappa shape index (κ2) is 6.98. The van der Waals surface area contributed by atoms with E-state index >= 15 is 0 Å². The molecule has 6 nitrogen and oxygen atoms in total. The number of rotatable bonds is 4. The van der Waals surface area contributed by atoms with Crippen molar-refractivity contribution < 1.29 is 19.8 Å². The summed E-state index contributed by atoms with van der Waals surface area (Å²) in [5.74, 6) is -2.27. The summed E-state index contributed by atoms with van der Waals surface area (Å²) in [4.78, 5) is 24.8. The van der Waals surface area contributed by atoms with E-state index in [0.29, 0.717) is 19.6 Å². The summed E-state index contributed by atoms with van der Waals surface area (Å²) in [6, 6.07) is 16.2. The number of benzene rings is 3. The molecule has 1 fully saturated rings. The maximum Gasteiger partial charge on any atom is 0.323 e. The lowest BCUT2D eigenvalue weighted by Gasteiger charge is -2.37. The Morgan fingerprint density at radius 1 is 0.963 bits per heavy atom. The zero-order valence-electron chi connectivity index (χ0n) is 14.6. The Hall–Kier alpha value is -2.96. The lowest BCUT2D eigenvalue weighted by Crippen LogP contribution is -2.63. The second-order valence-electron chi connectivity index (χ2n) is 6.87. The van der Waals surface area contributed by atoms with E-state index in [0.717, 1.165) is 16.3 Å². The number of carboxylic acid groups (broad SMARTS) is 2. The molecule has 4 rings (SSSR count). The fraction of sp³-hybridized carbons (Fsp3) is 0.238. The van der Waals surface area contributed by atoms with Crippen molar-refractivity contribution in [3.8, 4) is 0 Å². The van der Waals surface area contributed by atoms with Crippen LogP contribution in [0, 0.1) is 0 Å². The van der Waals surface area contributed by atoms with Gasteiger partial charge >= 0.3 is 11.9 Å². The Morgan fingerprint density at radius 3 is 2.48 bits per heavy atom. The highest BCUT2D eigenvalue weighted by atomic mass is 16.4. The first-order chi connectivity index (χ1) is 13.0. The number of carbonyl (C=O) groups is 2. The molecule has 0 aromatic heterocycles. The third-order valence-corrected chi connectivity index (χ3v) is 5.19. The Bertz CT molecular complexity index is 1030. The molecule has 0 bridgehead atoms. The molecule has 27 heavy (non-hydrogen) atoms. The van der Waals surface area contributed by atoms with Gasteiger partial charge in [0.15, 0.2) is 0 Å². The highest BCUT2D eigenvalue weighted by Gasteiger charge is 2.40. The lowest BCUT2D eigenvalue weighted by atomic mass is 9.99. The maximum absolute atomic E-state index is 11.7. The molecule has 0 radical (unpaired) electrons. The van der Waals surface area contributed by atoms with Gasteiger partial charge in [0.25, 0.3) is 0 Å². The summed E-state index contributed by atoms with van der Waals surface area (Å²) in [7, 11) is 0. The molecule has 1 aliphatic rings. The smallest absolute Gasteiger partial charge is 0.323 e. The third kappa shape index (κ3) is 3.25. The van der Waals surface area contributed by atoms with Crippen molar-refractivity contribution in [2.24, 2.45) is 0 Å². The van der Waals surface area contributed by atoms with Gasteiger partial charge in [0, 0.05) is 19.6 Å². The van der Waals surface area contributed by atoms with Crippen LogP contribution >= 0.6 is 0 Å².